The molecule has 0 rings (SSSR count). The zero-order valence-corrected chi connectivity index (χ0v) is 63.1. The van der Waals surface area contributed by atoms with E-state index in [1.165, 1.54) is 173 Å². The summed E-state index contributed by atoms with van der Waals surface area (Å²) in [6, 6.07) is 0. The Morgan fingerprint density at radius 2 is 0.568 bits per heavy atom. The number of esters is 4. The van der Waals surface area contributed by atoms with Gasteiger partial charge in [-0.25, -0.2) is 9.13 Å². The average molecular weight is 1390 g/mol. The number of carbonyl (C=O) groups is 4. The van der Waals surface area contributed by atoms with E-state index < -0.39 is 97.5 Å². The van der Waals surface area contributed by atoms with Crippen molar-refractivity contribution in [3.05, 3.63) is 24.3 Å². The molecule has 0 aliphatic heterocycles. The van der Waals surface area contributed by atoms with E-state index in [0.717, 1.165) is 121 Å². The maximum absolute atomic E-state index is 13.1. The van der Waals surface area contributed by atoms with Crippen molar-refractivity contribution >= 4 is 39.5 Å². The third-order valence-electron chi connectivity index (χ3n) is 17.2. The number of hydrogen-bond donors (Lipinski definition) is 3. The van der Waals surface area contributed by atoms with E-state index in [1.807, 2.05) is 0 Å². The summed E-state index contributed by atoms with van der Waals surface area (Å²) in [6.07, 6.45) is 60.5. The van der Waals surface area contributed by atoms with Crippen LogP contribution >= 0.6 is 15.6 Å². The van der Waals surface area contributed by atoms with Crippen molar-refractivity contribution in [1.82, 2.24) is 0 Å². The van der Waals surface area contributed by atoms with Crippen LogP contribution < -0.4 is 0 Å². The number of hydrogen-bond acceptors (Lipinski definition) is 15. The second-order valence-corrected chi connectivity index (χ2v) is 30.1. The molecule has 0 saturated carbocycles. The lowest BCUT2D eigenvalue weighted by atomic mass is 10.0. The quantitative estimate of drug-likeness (QED) is 0.0169. The molecule has 0 spiro atoms. The van der Waals surface area contributed by atoms with Gasteiger partial charge in [0.1, 0.15) is 19.3 Å². The van der Waals surface area contributed by atoms with Crippen LogP contribution in [0.3, 0.4) is 0 Å². The van der Waals surface area contributed by atoms with Gasteiger partial charge in [-0.1, -0.05) is 322 Å². The number of unbranched alkanes of at least 4 members (excludes halogenated alkanes) is 43. The third-order valence-corrected chi connectivity index (χ3v) is 19.1. The molecular weight excluding hydrogens is 1250 g/mol. The van der Waals surface area contributed by atoms with Gasteiger partial charge in [-0.05, 0) is 57.3 Å². The van der Waals surface area contributed by atoms with E-state index in [2.05, 4.69) is 58.9 Å². The van der Waals surface area contributed by atoms with Crippen LogP contribution in [0.25, 0.3) is 0 Å². The molecule has 0 radical (unpaired) electrons. The molecule has 17 nitrogen and oxygen atoms in total. The molecule has 0 heterocycles. The van der Waals surface area contributed by atoms with Gasteiger partial charge < -0.3 is 33.8 Å². The van der Waals surface area contributed by atoms with E-state index in [4.69, 9.17) is 37.0 Å². The van der Waals surface area contributed by atoms with E-state index >= 15 is 0 Å². The SMILES string of the molecule is CCCCCC/C=C\C=C/CCCCCCCC(=O)OC[C@H](COP(=O)(O)OC[C@@H](O)COP(=O)(O)OC[C@@H](COC(=O)CCCCCCCCCC)OC(=O)CCCCCCCCCCCCCC(C)C)OC(=O)CCCCCCCCCCCCCCCCCCCC. The molecule has 0 aliphatic carbocycles. The maximum atomic E-state index is 13.1. The Labute approximate surface area is 580 Å². The van der Waals surface area contributed by atoms with Crippen molar-refractivity contribution < 1.29 is 80.2 Å². The van der Waals surface area contributed by atoms with Crippen molar-refractivity contribution in [3.8, 4) is 0 Å². The van der Waals surface area contributed by atoms with Crippen molar-refractivity contribution in [3.63, 3.8) is 0 Å². The first-order chi connectivity index (χ1) is 46.0. The maximum Gasteiger partial charge on any atom is 0.472 e. The number of ether oxygens (including phenoxy) is 4. The Morgan fingerprint density at radius 3 is 0.863 bits per heavy atom. The van der Waals surface area contributed by atoms with Crippen molar-refractivity contribution in [2.75, 3.05) is 39.6 Å². The van der Waals surface area contributed by atoms with Crippen molar-refractivity contribution in [2.45, 2.75) is 393 Å². The number of aliphatic hydroxyl groups excluding tert-OH is 1. The molecule has 0 aromatic carbocycles. The summed E-state index contributed by atoms with van der Waals surface area (Å²) in [5.74, 6) is -1.38. The highest BCUT2D eigenvalue weighted by Crippen LogP contribution is 2.45. The topological polar surface area (TPSA) is 237 Å². The fourth-order valence-corrected chi connectivity index (χ4v) is 12.7. The fraction of sp³-hybridized carbons (Fsp3) is 0.895. The Morgan fingerprint density at radius 1 is 0.326 bits per heavy atom. The zero-order chi connectivity index (χ0) is 69.8. The molecule has 0 saturated heterocycles. The van der Waals surface area contributed by atoms with Gasteiger partial charge in [0.25, 0.3) is 0 Å². The smallest absolute Gasteiger partial charge is 0.462 e. The first-order valence-corrected chi connectivity index (χ1v) is 41.9. The number of rotatable bonds is 74. The van der Waals surface area contributed by atoms with Crippen LogP contribution in [0.15, 0.2) is 24.3 Å². The van der Waals surface area contributed by atoms with Crippen LogP contribution in [0.2, 0.25) is 0 Å². The Hall–Kier alpha value is -2.46. The predicted octanol–water partition coefficient (Wildman–Crippen LogP) is 22.0. The van der Waals surface area contributed by atoms with Gasteiger partial charge in [0.15, 0.2) is 12.2 Å². The number of allylic oxidation sites excluding steroid dienone is 4. The first kappa shape index (κ1) is 92.5. The summed E-state index contributed by atoms with van der Waals surface area (Å²) in [5.41, 5.74) is 0. The van der Waals surface area contributed by atoms with Crippen molar-refractivity contribution in [2.24, 2.45) is 5.92 Å². The fourth-order valence-electron chi connectivity index (χ4n) is 11.2. The molecule has 19 heteroatoms. The van der Waals surface area contributed by atoms with Gasteiger partial charge in [-0.2, -0.15) is 0 Å². The lowest BCUT2D eigenvalue weighted by Gasteiger charge is -2.21. The normalized spacial score (nSPS) is 14.1. The number of carbonyl (C=O) groups excluding carboxylic acids is 4. The molecule has 5 atom stereocenters. The molecule has 0 aromatic heterocycles. The zero-order valence-electron chi connectivity index (χ0n) is 61.3. The predicted molar refractivity (Wildman–Crippen MR) is 386 cm³/mol. The standard InChI is InChI=1S/C76H144O17P2/c1-6-9-12-15-18-21-23-25-27-28-29-31-33-37-41-46-51-56-61-75(80)93-72(66-87-74(79)60-55-50-45-40-36-32-30-26-24-22-19-16-13-10-7-2)68-91-95(84,85)89-64-70(77)63-88-94(82,83)90-67-71(65-86-73(78)59-54-49-44-20-17-14-11-8-3)92-76(81)62-57-52-47-42-38-34-35-39-43-48-53-58-69(4)5/h22,24,26,30,69-72,77H,6-21,23,25,27-29,31-68H2,1-5H3,(H,82,83)(H,84,85)/b24-22-,30-26-/t70-,71+,72+/m0/s1. The van der Waals surface area contributed by atoms with Gasteiger partial charge in [0.05, 0.1) is 26.4 Å². The molecule has 0 aliphatic rings. The molecule has 0 fully saturated rings. The summed E-state index contributed by atoms with van der Waals surface area (Å²) < 4.78 is 68.4. The molecule has 0 amide bonds. The summed E-state index contributed by atoms with van der Waals surface area (Å²) in [7, 11) is -9.92. The number of phosphoric ester groups is 2. The van der Waals surface area contributed by atoms with Crippen LogP contribution in [0, 0.1) is 5.92 Å². The first-order valence-electron chi connectivity index (χ1n) is 39.0. The summed E-state index contributed by atoms with van der Waals surface area (Å²) in [4.78, 5) is 72.7. The van der Waals surface area contributed by atoms with Gasteiger partial charge in [-0.3, -0.25) is 37.3 Å². The van der Waals surface area contributed by atoms with Crippen LogP contribution in [0.1, 0.15) is 375 Å². The second-order valence-electron chi connectivity index (χ2n) is 27.2. The summed E-state index contributed by atoms with van der Waals surface area (Å²) in [6.45, 7) is 7.20. The second kappa shape index (κ2) is 68.7. The molecule has 2 unspecified atom stereocenters. The largest absolute Gasteiger partial charge is 0.472 e. The van der Waals surface area contributed by atoms with Gasteiger partial charge in [-0.15, -0.1) is 0 Å². The highest BCUT2D eigenvalue weighted by atomic mass is 31.2. The summed E-state index contributed by atoms with van der Waals surface area (Å²) in [5, 5.41) is 10.6. The van der Waals surface area contributed by atoms with Gasteiger partial charge in [0.2, 0.25) is 0 Å². The molecule has 95 heavy (non-hydrogen) atoms. The van der Waals surface area contributed by atoms with Gasteiger partial charge in [0, 0.05) is 25.7 Å². The van der Waals surface area contributed by atoms with E-state index in [9.17, 15) is 43.2 Å². The van der Waals surface area contributed by atoms with E-state index in [1.54, 1.807) is 0 Å². The Balaban J connectivity index is 5.25. The van der Waals surface area contributed by atoms with Crippen LogP contribution in [-0.2, 0) is 65.4 Å². The highest BCUT2D eigenvalue weighted by molar-refractivity contribution is 7.47. The number of aliphatic hydroxyl groups is 1. The number of phosphoric acid groups is 2. The monoisotopic (exact) mass is 1390 g/mol. The minimum absolute atomic E-state index is 0.102. The van der Waals surface area contributed by atoms with Crippen molar-refractivity contribution in [1.29, 1.82) is 0 Å². The van der Waals surface area contributed by atoms with Gasteiger partial charge >= 0.3 is 39.5 Å². The van der Waals surface area contributed by atoms with Crippen LogP contribution in [0.4, 0.5) is 0 Å². The third kappa shape index (κ3) is 69.8. The van der Waals surface area contributed by atoms with Crippen LogP contribution in [-0.4, -0.2) is 96.7 Å². The van der Waals surface area contributed by atoms with Crippen LogP contribution in [0.5, 0.6) is 0 Å². The minimum Gasteiger partial charge on any atom is -0.462 e. The molecular formula is C76H144O17P2. The molecule has 0 aromatic rings. The molecule has 560 valence electrons. The van der Waals surface area contributed by atoms with E-state index in [-0.39, 0.29) is 25.7 Å². The Kier molecular flexibility index (Phi) is 66.9. The lowest BCUT2D eigenvalue weighted by molar-refractivity contribution is -0.161. The Bertz CT molecular complexity index is 1920. The summed E-state index contributed by atoms with van der Waals surface area (Å²) >= 11 is 0. The highest BCUT2D eigenvalue weighted by Gasteiger charge is 2.30. The lowest BCUT2D eigenvalue weighted by Crippen LogP contribution is -2.30. The minimum atomic E-state index is -4.96. The molecule has 0 bridgehead atoms. The molecule has 3 N–H and O–H groups in total. The van der Waals surface area contributed by atoms with E-state index in [0.29, 0.717) is 25.7 Å². The average Bonchev–Trinajstić information content (AvgIpc) is 1.72.